The number of thiazole rings is 1. The monoisotopic (exact) mass is 324 g/mol. The van der Waals surface area contributed by atoms with Crippen LogP contribution in [-0.2, 0) is 11.3 Å². The Labute approximate surface area is 136 Å². The smallest absolute Gasteiger partial charge is 0.246 e. The van der Waals surface area contributed by atoms with Crippen LogP contribution < -0.4 is 5.32 Å². The van der Waals surface area contributed by atoms with E-state index in [0.29, 0.717) is 5.13 Å². The summed E-state index contributed by atoms with van der Waals surface area (Å²) in [5, 5.41) is 21.2. The van der Waals surface area contributed by atoms with E-state index in [0.717, 1.165) is 11.3 Å². The van der Waals surface area contributed by atoms with Gasteiger partial charge in [-0.2, -0.15) is 5.26 Å². The highest BCUT2D eigenvalue weighted by Gasteiger charge is 2.11. The van der Waals surface area contributed by atoms with Gasteiger partial charge in [-0.1, -0.05) is 29.8 Å². The Morgan fingerprint density at radius 2 is 2.17 bits per heavy atom. The van der Waals surface area contributed by atoms with E-state index in [1.165, 1.54) is 27.8 Å². The van der Waals surface area contributed by atoms with E-state index in [9.17, 15) is 4.79 Å². The van der Waals surface area contributed by atoms with Crippen molar-refractivity contribution in [3.63, 3.8) is 0 Å². The normalized spacial score (nSPS) is 10.3. The lowest BCUT2D eigenvalue weighted by Crippen LogP contribution is -2.19. The van der Waals surface area contributed by atoms with Crippen LogP contribution in [0.4, 0.5) is 5.13 Å². The summed E-state index contributed by atoms with van der Waals surface area (Å²) >= 11 is 1.35. The Kier molecular flexibility index (Phi) is 4.12. The fourth-order valence-electron chi connectivity index (χ4n) is 1.96. The van der Waals surface area contributed by atoms with Crippen molar-refractivity contribution in [1.29, 1.82) is 5.26 Å². The van der Waals surface area contributed by atoms with Gasteiger partial charge in [-0.25, -0.2) is 4.98 Å². The van der Waals surface area contributed by atoms with Crippen LogP contribution >= 0.6 is 11.3 Å². The van der Waals surface area contributed by atoms with Crippen molar-refractivity contribution in [1.82, 2.24) is 19.7 Å². The number of nitrogens with zero attached hydrogens (tertiary/aromatic N) is 5. The largest absolute Gasteiger partial charge is 0.300 e. The van der Waals surface area contributed by atoms with Crippen LogP contribution in [0.25, 0.3) is 11.3 Å². The Bertz CT molecular complexity index is 874. The molecule has 114 valence electrons. The topological polar surface area (TPSA) is 96.5 Å². The Morgan fingerprint density at radius 3 is 2.91 bits per heavy atom. The number of nitriles is 1. The maximum Gasteiger partial charge on any atom is 0.246 e. The van der Waals surface area contributed by atoms with Crippen molar-refractivity contribution in [2.24, 2.45) is 0 Å². The molecule has 0 bridgehead atoms. The van der Waals surface area contributed by atoms with E-state index in [1.54, 1.807) is 0 Å². The number of amides is 1. The van der Waals surface area contributed by atoms with Crippen molar-refractivity contribution in [3.05, 3.63) is 47.4 Å². The van der Waals surface area contributed by atoms with Crippen LogP contribution in [0.2, 0.25) is 0 Å². The van der Waals surface area contributed by atoms with Gasteiger partial charge in [0, 0.05) is 10.9 Å². The molecule has 0 saturated heterocycles. The molecule has 0 radical (unpaired) electrons. The van der Waals surface area contributed by atoms with Gasteiger partial charge in [-0.15, -0.1) is 21.5 Å². The molecule has 0 fully saturated rings. The number of carbonyl (C=O) groups excluding carboxylic acids is 1. The van der Waals surface area contributed by atoms with E-state index in [2.05, 4.69) is 20.5 Å². The van der Waals surface area contributed by atoms with Gasteiger partial charge < -0.3 is 5.32 Å². The first kappa shape index (κ1) is 14.9. The predicted octanol–water partition coefficient (Wildman–Crippen LogP) is 2.22. The third-order valence-corrected chi connectivity index (χ3v) is 3.89. The number of carbonyl (C=O) groups is 1. The summed E-state index contributed by atoms with van der Waals surface area (Å²) in [6.07, 6.45) is 1.34. The lowest BCUT2D eigenvalue weighted by molar-refractivity contribution is -0.116. The Hall–Kier alpha value is -3.05. The summed E-state index contributed by atoms with van der Waals surface area (Å²) in [7, 11) is 0. The first-order valence-corrected chi connectivity index (χ1v) is 7.64. The molecule has 0 atom stereocenters. The molecular weight excluding hydrogens is 312 g/mol. The fourth-order valence-corrected chi connectivity index (χ4v) is 2.69. The van der Waals surface area contributed by atoms with Crippen LogP contribution in [0.1, 0.15) is 11.4 Å². The quantitative estimate of drug-likeness (QED) is 0.793. The number of aromatic nitrogens is 4. The van der Waals surface area contributed by atoms with Crippen LogP contribution in [0, 0.1) is 18.3 Å². The zero-order chi connectivity index (χ0) is 16.2. The second-order valence-electron chi connectivity index (χ2n) is 4.85. The van der Waals surface area contributed by atoms with Gasteiger partial charge >= 0.3 is 0 Å². The predicted molar refractivity (Wildman–Crippen MR) is 85.7 cm³/mol. The molecule has 8 heteroatoms. The average Bonchev–Trinajstić information content (AvgIpc) is 3.17. The molecule has 3 aromatic rings. The molecule has 0 unspecified atom stereocenters. The molecule has 0 spiro atoms. The molecule has 0 aliphatic heterocycles. The number of hydrogen-bond donors (Lipinski definition) is 1. The lowest BCUT2D eigenvalue weighted by Gasteiger charge is -2.02. The van der Waals surface area contributed by atoms with Crippen LogP contribution in [-0.4, -0.2) is 25.7 Å². The van der Waals surface area contributed by atoms with Gasteiger partial charge in [0.2, 0.25) is 11.7 Å². The first-order chi connectivity index (χ1) is 11.2. The van der Waals surface area contributed by atoms with Gasteiger partial charge in [-0.05, 0) is 6.92 Å². The summed E-state index contributed by atoms with van der Waals surface area (Å²) in [6.45, 7) is 1.99. The summed E-state index contributed by atoms with van der Waals surface area (Å²) in [4.78, 5) is 16.4. The second-order valence-corrected chi connectivity index (χ2v) is 5.70. The third-order valence-electron chi connectivity index (χ3n) is 3.13. The highest BCUT2D eigenvalue weighted by atomic mass is 32.1. The van der Waals surface area contributed by atoms with Crippen LogP contribution in [0.5, 0.6) is 0 Å². The highest BCUT2D eigenvalue weighted by Crippen LogP contribution is 2.25. The molecule has 7 nitrogen and oxygen atoms in total. The minimum atomic E-state index is -0.286. The van der Waals surface area contributed by atoms with Crippen molar-refractivity contribution in [2.75, 3.05) is 5.32 Å². The SMILES string of the molecule is Cc1ccc(-c2csc(NC(=O)Cn3cnnc3C#N)n2)cc1. The van der Waals surface area contributed by atoms with E-state index < -0.39 is 0 Å². The number of anilines is 1. The molecule has 0 saturated carbocycles. The van der Waals surface area contributed by atoms with E-state index in [-0.39, 0.29) is 18.3 Å². The molecule has 0 aliphatic carbocycles. The molecule has 2 heterocycles. The molecule has 23 heavy (non-hydrogen) atoms. The number of nitrogens with one attached hydrogen (secondary N) is 1. The maximum absolute atomic E-state index is 12.0. The standard InChI is InChI=1S/C15H12N6OS/c1-10-2-4-11(5-3-10)12-8-23-15(18-12)19-14(22)7-21-9-17-20-13(21)6-16/h2-5,8-9H,7H2,1H3,(H,18,19,22). The highest BCUT2D eigenvalue weighted by molar-refractivity contribution is 7.14. The minimum Gasteiger partial charge on any atom is -0.300 e. The zero-order valence-corrected chi connectivity index (χ0v) is 13.0. The summed E-state index contributed by atoms with van der Waals surface area (Å²) in [5.74, 6) is -0.189. The van der Waals surface area contributed by atoms with E-state index >= 15 is 0 Å². The van der Waals surface area contributed by atoms with E-state index in [1.807, 2.05) is 42.6 Å². The number of aryl methyl sites for hydroxylation is 1. The number of rotatable bonds is 4. The molecule has 3 rings (SSSR count). The maximum atomic E-state index is 12.0. The first-order valence-electron chi connectivity index (χ1n) is 6.76. The molecule has 1 aromatic carbocycles. The van der Waals surface area contributed by atoms with Gasteiger partial charge in [0.05, 0.1) is 5.69 Å². The lowest BCUT2D eigenvalue weighted by atomic mass is 10.1. The van der Waals surface area contributed by atoms with Gasteiger partial charge in [0.15, 0.2) is 5.13 Å². The van der Waals surface area contributed by atoms with Crippen molar-refractivity contribution in [2.45, 2.75) is 13.5 Å². The van der Waals surface area contributed by atoms with Crippen LogP contribution in [0.15, 0.2) is 36.0 Å². The fraction of sp³-hybridized carbons (Fsp3) is 0.133. The summed E-state index contributed by atoms with van der Waals surface area (Å²) in [6, 6.07) is 9.89. The van der Waals surface area contributed by atoms with Crippen molar-refractivity contribution in [3.8, 4) is 17.3 Å². The Balaban J connectivity index is 1.68. The Morgan fingerprint density at radius 1 is 1.39 bits per heavy atom. The summed E-state index contributed by atoms with van der Waals surface area (Å²) < 4.78 is 1.38. The molecule has 2 aromatic heterocycles. The second kappa shape index (κ2) is 6.37. The van der Waals surface area contributed by atoms with Gasteiger partial charge in [-0.3, -0.25) is 9.36 Å². The minimum absolute atomic E-state index is 0.0324. The molecule has 1 N–H and O–H groups in total. The van der Waals surface area contributed by atoms with Crippen LogP contribution in [0.3, 0.4) is 0 Å². The van der Waals surface area contributed by atoms with Gasteiger partial charge in [0.25, 0.3) is 0 Å². The average molecular weight is 324 g/mol. The zero-order valence-electron chi connectivity index (χ0n) is 12.2. The molecule has 1 amide bonds. The third kappa shape index (κ3) is 3.41. The number of benzene rings is 1. The van der Waals surface area contributed by atoms with Gasteiger partial charge in [0.1, 0.15) is 18.9 Å². The van der Waals surface area contributed by atoms with Crippen molar-refractivity contribution < 1.29 is 4.79 Å². The summed E-state index contributed by atoms with van der Waals surface area (Å²) in [5.41, 5.74) is 2.99. The molecule has 0 aliphatic rings. The number of hydrogen-bond acceptors (Lipinski definition) is 6. The van der Waals surface area contributed by atoms with Crippen molar-refractivity contribution >= 4 is 22.4 Å². The molecular formula is C15H12N6OS. The van der Waals surface area contributed by atoms with E-state index in [4.69, 9.17) is 5.26 Å².